The van der Waals surface area contributed by atoms with Gasteiger partial charge in [0.05, 0.1) is 25.8 Å². The van der Waals surface area contributed by atoms with Crippen LogP contribution in [-0.4, -0.2) is 60.8 Å². The van der Waals surface area contributed by atoms with Gasteiger partial charge in [0.15, 0.2) is 0 Å². The first-order valence-electron chi connectivity index (χ1n) is 7.83. The highest BCUT2D eigenvalue weighted by molar-refractivity contribution is 5.84. The molecule has 132 valence electrons. The Labute approximate surface area is 141 Å². The average Bonchev–Trinajstić information content (AvgIpc) is 2.55. The van der Waals surface area contributed by atoms with Crippen LogP contribution in [0.2, 0.25) is 0 Å². The van der Waals surface area contributed by atoms with Crippen LogP contribution in [0.4, 0.5) is 4.79 Å². The Morgan fingerprint density at radius 1 is 1.42 bits per heavy atom. The number of pyridine rings is 1. The van der Waals surface area contributed by atoms with Crippen LogP contribution in [0.1, 0.15) is 24.4 Å². The maximum Gasteiger partial charge on any atom is 0.317 e. The van der Waals surface area contributed by atoms with E-state index < -0.39 is 0 Å². The molecule has 1 fully saturated rings. The molecular formula is C16H24N4O4. The van der Waals surface area contributed by atoms with Crippen LogP contribution in [0, 0.1) is 5.92 Å². The Bertz CT molecular complexity index is 570. The summed E-state index contributed by atoms with van der Waals surface area (Å²) in [6, 6.07) is 3.00. The smallest absolute Gasteiger partial charge is 0.317 e. The third kappa shape index (κ3) is 4.58. The second kappa shape index (κ2) is 7.96. The number of ether oxygens (including phenoxy) is 1. The van der Waals surface area contributed by atoms with E-state index in [0.29, 0.717) is 18.7 Å². The fourth-order valence-electron chi connectivity index (χ4n) is 2.61. The van der Waals surface area contributed by atoms with Crippen molar-refractivity contribution in [2.45, 2.75) is 25.0 Å². The number of rotatable bonds is 6. The Balaban J connectivity index is 2.00. The van der Waals surface area contributed by atoms with E-state index in [1.54, 1.807) is 26.4 Å². The van der Waals surface area contributed by atoms with Gasteiger partial charge in [-0.1, -0.05) is 6.07 Å². The summed E-state index contributed by atoms with van der Waals surface area (Å²) >= 11 is 0. The fourth-order valence-corrected chi connectivity index (χ4v) is 2.61. The lowest BCUT2D eigenvalue weighted by Crippen LogP contribution is -2.46. The van der Waals surface area contributed by atoms with Crippen molar-refractivity contribution in [3.8, 4) is 5.88 Å². The highest BCUT2D eigenvalue weighted by Gasteiger charge is 2.35. The van der Waals surface area contributed by atoms with E-state index in [0.717, 1.165) is 5.56 Å². The summed E-state index contributed by atoms with van der Waals surface area (Å²) in [4.78, 5) is 29.2. The zero-order valence-corrected chi connectivity index (χ0v) is 14.2. The van der Waals surface area contributed by atoms with Gasteiger partial charge >= 0.3 is 6.03 Å². The molecule has 3 amide bonds. The van der Waals surface area contributed by atoms with Crippen molar-refractivity contribution in [3.05, 3.63) is 23.9 Å². The lowest BCUT2D eigenvalue weighted by atomic mass is 9.75. The number of hydrogen-bond acceptors (Lipinski definition) is 5. The second-order valence-corrected chi connectivity index (χ2v) is 6.12. The summed E-state index contributed by atoms with van der Waals surface area (Å²) in [6.07, 6.45) is 2.59. The molecule has 0 saturated heterocycles. The highest BCUT2D eigenvalue weighted by atomic mass is 16.5. The number of carbonyl (C=O) groups excluding carboxylic acids is 2. The molecule has 0 radical (unpaired) electrons. The molecule has 8 nitrogen and oxygen atoms in total. The maximum atomic E-state index is 12.2. The summed E-state index contributed by atoms with van der Waals surface area (Å²) in [5.74, 6) is 0.354. The zero-order valence-electron chi connectivity index (χ0n) is 14.2. The monoisotopic (exact) mass is 336 g/mol. The summed E-state index contributed by atoms with van der Waals surface area (Å²) in [7, 11) is 4.75. The van der Waals surface area contributed by atoms with Gasteiger partial charge in [-0.05, 0) is 24.3 Å². The Morgan fingerprint density at radius 3 is 2.62 bits per heavy atom. The standard InChI is InChI=1S/C16H24N4O4/c1-20(2)16(23)18-9-13(22)19-15(11-6-12(21)7-11)10-4-5-14(24-3)17-8-10/h4-5,8,11-12,15,21H,6-7,9H2,1-3H3,(H,18,23)(H,19,22)/t11?,12?,15-/m0/s1. The van der Waals surface area contributed by atoms with Crippen LogP contribution in [0.3, 0.4) is 0 Å². The Kier molecular flexibility index (Phi) is 5.97. The number of methoxy groups -OCH3 is 1. The van der Waals surface area contributed by atoms with Crippen LogP contribution in [0.15, 0.2) is 18.3 Å². The van der Waals surface area contributed by atoms with Crippen molar-refractivity contribution in [1.29, 1.82) is 0 Å². The largest absolute Gasteiger partial charge is 0.481 e. The van der Waals surface area contributed by atoms with Gasteiger partial charge in [-0.3, -0.25) is 4.79 Å². The van der Waals surface area contributed by atoms with Gasteiger partial charge in [0.25, 0.3) is 0 Å². The molecule has 1 aliphatic carbocycles. The Hall–Kier alpha value is -2.35. The minimum atomic E-state index is -0.327. The highest BCUT2D eigenvalue weighted by Crippen LogP contribution is 2.38. The number of aromatic nitrogens is 1. The van der Waals surface area contributed by atoms with Crippen molar-refractivity contribution in [2.24, 2.45) is 5.92 Å². The second-order valence-electron chi connectivity index (χ2n) is 6.12. The van der Waals surface area contributed by atoms with Crippen LogP contribution in [0.5, 0.6) is 5.88 Å². The first-order valence-corrected chi connectivity index (χ1v) is 7.83. The van der Waals surface area contributed by atoms with Gasteiger partial charge in [-0.15, -0.1) is 0 Å². The first-order chi connectivity index (χ1) is 11.4. The molecule has 0 bridgehead atoms. The van der Waals surface area contributed by atoms with E-state index in [-0.39, 0.29) is 36.5 Å². The molecular weight excluding hydrogens is 312 g/mol. The normalized spacial score (nSPS) is 20.5. The summed E-state index contributed by atoms with van der Waals surface area (Å²) in [5.41, 5.74) is 0.847. The van der Waals surface area contributed by atoms with E-state index in [2.05, 4.69) is 15.6 Å². The molecule has 8 heteroatoms. The van der Waals surface area contributed by atoms with Crippen molar-refractivity contribution in [1.82, 2.24) is 20.5 Å². The number of carbonyl (C=O) groups is 2. The number of aliphatic hydroxyl groups excluding tert-OH is 1. The maximum absolute atomic E-state index is 12.2. The molecule has 1 aromatic rings. The molecule has 0 aromatic carbocycles. The molecule has 1 heterocycles. The molecule has 1 atom stereocenters. The molecule has 0 unspecified atom stereocenters. The van der Waals surface area contributed by atoms with Crippen molar-refractivity contribution in [2.75, 3.05) is 27.7 Å². The van der Waals surface area contributed by atoms with E-state index >= 15 is 0 Å². The lowest BCUT2D eigenvalue weighted by molar-refractivity contribution is -0.122. The molecule has 0 aliphatic heterocycles. The van der Waals surface area contributed by atoms with Gasteiger partial charge in [0.1, 0.15) is 0 Å². The van der Waals surface area contributed by atoms with Crippen molar-refractivity contribution in [3.63, 3.8) is 0 Å². The predicted molar refractivity (Wildman–Crippen MR) is 87.5 cm³/mol. The fraction of sp³-hybridized carbons (Fsp3) is 0.562. The molecule has 0 spiro atoms. The minimum Gasteiger partial charge on any atom is -0.481 e. The number of hydrogen-bond donors (Lipinski definition) is 3. The molecule has 24 heavy (non-hydrogen) atoms. The molecule has 2 rings (SSSR count). The quantitative estimate of drug-likeness (QED) is 0.693. The van der Waals surface area contributed by atoms with Crippen molar-refractivity contribution >= 4 is 11.9 Å². The van der Waals surface area contributed by atoms with E-state index in [1.165, 1.54) is 12.0 Å². The van der Waals surface area contributed by atoms with Gasteiger partial charge in [-0.2, -0.15) is 0 Å². The SMILES string of the molecule is COc1ccc([C@H](NC(=O)CNC(=O)N(C)C)C2CC(O)C2)cn1. The van der Waals surface area contributed by atoms with Crippen LogP contribution >= 0.6 is 0 Å². The van der Waals surface area contributed by atoms with Gasteiger partial charge in [0, 0.05) is 26.4 Å². The van der Waals surface area contributed by atoms with Gasteiger partial charge in [0.2, 0.25) is 11.8 Å². The van der Waals surface area contributed by atoms with E-state index in [9.17, 15) is 14.7 Å². The third-order valence-corrected chi connectivity index (χ3v) is 4.07. The van der Waals surface area contributed by atoms with Gasteiger partial charge in [-0.25, -0.2) is 9.78 Å². The summed E-state index contributed by atoms with van der Waals surface area (Å²) in [5, 5.41) is 15.0. The minimum absolute atomic E-state index is 0.105. The van der Waals surface area contributed by atoms with E-state index in [4.69, 9.17) is 4.74 Å². The molecule has 3 N–H and O–H groups in total. The van der Waals surface area contributed by atoms with E-state index in [1.807, 2.05) is 6.07 Å². The Morgan fingerprint density at radius 2 is 2.12 bits per heavy atom. The van der Waals surface area contributed by atoms with Crippen molar-refractivity contribution < 1.29 is 19.4 Å². The average molecular weight is 336 g/mol. The number of aliphatic hydroxyl groups is 1. The van der Waals surface area contributed by atoms with Crippen LogP contribution < -0.4 is 15.4 Å². The zero-order chi connectivity index (χ0) is 17.7. The topological polar surface area (TPSA) is 104 Å². The number of nitrogens with one attached hydrogen (secondary N) is 2. The summed E-state index contributed by atoms with van der Waals surface area (Å²) < 4.78 is 5.04. The number of nitrogens with zero attached hydrogens (tertiary/aromatic N) is 2. The molecule has 1 aromatic heterocycles. The number of amides is 3. The number of urea groups is 1. The van der Waals surface area contributed by atoms with Crippen LogP contribution in [-0.2, 0) is 4.79 Å². The molecule has 1 saturated carbocycles. The van der Waals surface area contributed by atoms with Crippen LogP contribution in [0.25, 0.3) is 0 Å². The first kappa shape index (κ1) is 18.0. The van der Waals surface area contributed by atoms with Gasteiger partial charge < -0.3 is 25.4 Å². The predicted octanol–water partition coefficient (Wildman–Crippen LogP) is 0.290. The third-order valence-electron chi connectivity index (χ3n) is 4.07. The molecule has 1 aliphatic rings. The summed E-state index contributed by atoms with van der Waals surface area (Å²) in [6.45, 7) is -0.105. The lowest BCUT2D eigenvalue weighted by Gasteiger charge is -2.38.